The second-order valence-corrected chi connectivity index (χ2v) is 4.62. The van der Waals surface area contributed by atoms with Crippen LogP contribution in [0.4, 0.5) is 0 Å². The van der Waals surface area contributed by atoms with E-state index in [1.54, 1.807) is 6.92 Å². The zero-order chi connectivity index (χ0) is 13.8. The summed E-state index contributed by atoms with van der Waals surface area (Å²) in [5.74, 6) is 0.690. The second kappa shape index (κ2) is 5.65. The number of rotatable bonds is 5. The molecule has 0 aliphatic carbocycles. The third-order valence-electron chi connectivity index (χ3n) is 2.52. The van der Waals surface area contributed by atoms with Gasteiger partial charge in [0.1, 0.15) is 17.8 Å². The molecule has 100 valence electrons. The molecular formula is C14H17N3O2. The van der Waals surface area contributed by atoms with E-state index in [2.05, 4.69) is 15.0 Å². The number of H-pyrrole nitrogens is 1. The Kier molecular flexibility index (Phi) is 3.94. The quantitative estimate of drug-likeness (QED) is 0.896. The van der Waals surface area contributed by atoms with Gasteiger partial charge in [0.25, 0.3) is 0 Å². The molecule has 2 aromatic heterocycles. The molecule has 0 spiro atoms. The van der Waals surface area contributed by atoms with Crippen molar-refractivity contribution in [3.63, 3.8) is 0 Å². The summed E-state index contributed by atoms with van der Waals surface area (Å²) in [6, 6.07) is 0. The van der Waals surface area contributed by atoms with Crippen molar-refractivity contribution in [3.8, 4) is 5.88 Å². The molecule has 0 fully saturated rings. The number of ketones is 1. The minimum atomic E-state index is 0.0436. The summed E-state index contributed by atoms with van der Waals surface area (Å²) < 4.78 is 5.68. The van der Waals surface area contributed by atoms with Gasteiger partial charge in [-0.25, -0.2) is 9.97 Å². The Morgan fingerprint density at radius 2 is 2.26 bits per heavy atom. The van der Waals surface area contributed by atoms with Gasteiger partial charge in [-0.05, 0) is 20.8 Å². The van der Waals surface area contributed by atoms with Crippen LogP contribution in [0.1, 0.15) is 32.8 Å². The van der Waals surface area contributed by atoms with Gasteiger partial charge in [-0.1, -0.05) is 12.2 Å². The number of nitrogens with one attached hydrogen (secondary N) is 1. The Bertz CT molecular complexity index is 614. The van der Waals surface area contributed by atoms with E-state index in [0.717, 1.165) is 16.6 Å². The number of carbonyl (C=O) groups excluding carboxylic acids is 1. The molecule has 5 heteroatoms. The molecule has 2 aromatic rings. The molecule has 1 N–H and O–H groups in total. The molecule has 0 aromatic carbocycles. The van der Waals surface area contributed by atoms with Crippen LogP contribution in [-0.2, 0) is 4.79 Å². The Morgan fingerprint density at radius 3 is 2.95 bits per heavy atom. The van der Waals surface area contributed by atoms with Crippen molar-refractivity contribution in [1.29, 1.82) is 0 Å². The molecule has 0 unspecified atom stereocenters. The van der Waals surface area contributed by atoms with E-state index in [1.807, 2.05) is 32.2 Å². The predicted molar refractivity (Wildman–Crippen MR) is 74.0 cm³/mol. The fourth-order valence-electron chi connectivity index (χ4n) is 1.75. The molecule has 2 rings (SSSR count). The van der Waals surface area contributed by atoms with Gasteiger partial charge >= 0.3 is 0 Å². The number of nitrogens with zero attached hydrogens (tertiary/aromatic N) is 2. The fourth-order valence-corrected chi connectivity index (χ4v) is 1.75. The van der Waals surface area contributed by atoms with Crippen LogP contribution in [0.3, 0.4) is 0 Å². The second-order valence-electron chi connectivity index (χ2n) is 4.62. The molecule has 2 heterocycles. The van der Waals surface area contributed by atoms with Crippen molar-refractivity contribution >= 4 is 22.9 Å². The van der Waals surface area contributed by atoms with E-state index in [0.29, 0.717) is 12.3 Å². The van der Waals surface area contributed by atoms with Gasteiger partial charge in [0.05, 0.1) is 11.5 Å². The van der Waals surface area contributed by atoms with Crippen LogP contribution >= 0.6 is 0 Å². The van der Waals surface area contributed by atoms with Crippen LogP contribution in [0.15, 0.2) is 18.6 Å². The van der Waals surface area contributed by atoms with Crippen LogP contribution in [0.5, 0.6) is 5.88 Å². The summed E-state index contributed by atoms with van der Waals surface area (Å²) in [6.07, 6.45) is 7.49. The first-order chi connectivity index (χ1) is 9.08. The number of aromatic nitrogens is 3. The summed E-state index contributed by atoms with van der Waals surface area (Å²) in [7, 11) is 0. The zero-order valence-electron chi connectivity index (χ0n) is 11.3. The van der Waals surface area contributed by atoms with Gasteiger partial charge in [0.15, 0.2) is 0 Å². The number of fused-ring (bicyclic) bond motifs is 1. The number of ether oxygens (including phenoxy) is 1. The first kappa shape index (κ1) is 13.3. The summed E-state index contributed by atoms with van der Waals surface area (Å²) in [6.45, 7) is 5.47. The van der Waals surface area contributed by atoms with Crippen LogP contribution in [0.25, 0.3) is 17.1 Å². The number of carbonyl (C=O) groups is 1. The molecule has 0 atom stereocenters. The minimum absolute atomic E-state index is 0.0436. The zero-order valence-corrected chi connectivity index (χ0v) is 11.3. The van der Waals surface area contributed by atoms with Crippen molar-refractivity contribution in [2.24, 2.45) is 0 Å². The highest BCUT2D eigenvalue weighted by Gasteiger charge is 2.11. The largest absolute Gasteiger partial charge is 0.474 e. The summed E-state index contributed by atoms with van der Waals surface area (Å²) in [4.78, 5) is 22.3. The molecule has 0 radical (unpaired) electrons. The lowest BCUT2D eigenvalue weighted by molar-refractivity contribution is -0.116. The van der Waals surface area contributed by atoms with E-state index in [1.165, 1.54) is 6.33 Å². The summed E-state index contributed by atoms with van der Waals surface area (Å²) in [5, 5.41) is 0.844. The molecule has 0 saturated heterocycles. The lowest BCUT2D eigenvalue weighted by atomic mass is 10.2. The highest BCUT2D eigenvalue weighted by atomic mass is 16.5. The van der Waals surface area contributed by atoms with Crippen molar-refractivity contribution in [2.75, 3.05) is 0 Å². The third kappa shape index (κ3) is 3.19. The molecule has 0 saturated carbocycles. The number of hydrogen-bond acceptors (Lipinski definition) is 4. The Balaban J connectivity index is 2.39. The Hall–Kier alpha value is -2.17. The minimum Gasteiger partial charge on any atom is -0.474 e. The smallest absolute Gasteiger partial charge is 0.226 e. The van der Waals surface area contributed by atoms with E-state index in [4.69, 9.17) is 4.74 Å². The van der Waals surface area contributed by atoms with Gasteiger partial charge in [-0.3, -0.25) is 4.79 Å². The van der Waals surface area contributed by atoms with Crippen molar-refractivity contribution in [2.45, 2.75) is 33.3 Å². The first-order valence-corrected chi connectivity index (χ1v) is 6.22. The number of allylic oxidation sites excluding steroid dienone is 1. The van der Waals surface area contributed by atoms with Gasteiger partial charge in [-0.2, -0.15) is 0 Å². The molecule has 0 aliphatic rings. The highest BCUT2D eigenvalue weighted by molar-refractivity contribution is 5.90. The normalized spacial score (nSPS) is 11.6. The summed E-state index contributed by atoms with van der Waals surface area (Å²) in [5.41, 5.74) is 1.65. The Labute approximate surface area is 111 Å². The number of aromatic amines is 1. The predicted octanol–water partition coefficient (Wildman–Crippen LogP) is 2.74. The van der Waals surface area contributed by atoms with Gasteiger partial charge in [-0.15, -0.1) is 0 Å². The maximum atomic E-state index is 10.9. The molecule has 0 amide bonds. The molecular weight excluding hydrogens is 242 g/mol. The molecule has 0 bridgehead atoms. The maximum Gasteiger partial charge on any atom is 0.226 e. The average molecular weight is 259 g/mol. The van der Waals surface area contributed by atoms with Crippen LogP contribution in [0.2, 0.25) is 0 Å². The fraction of sp³-hybridized carbons (Fsp3) is 0.357. The van der Waals surface area contributed by atoms with Gasteiger partial charge in [0.2, 0.25) is 5.88 Å². The average Bonchev–Trinajstić information content (AvgIpc) is 2.72. The lowest BCUT2D eigenvalue weighted by Crippen LogP contribution is -2.07. The van der Waals surface area contributed by atoms with Crippen molar-refractivity contribution in [3.05, 3.63) is 24.2 Å². The lowest BCUT2D eigenvalue weighted by Gasteiger charge is -2.09. The van der Waals surface area contributed by atoms with E-state index in [-0.39, 0.29) is 11.9 Å². The monoisotopic (exact) mass is 259 g/mol. The van der Waals surface area contributed by atoms with E-state index < -0.39 is 0 Å². The SMILES string of the molecule is CC(=O)C/C=C/c1c[nH]c2ncnc(OC(C)C)c12. The topological polar surface area (TPSA) is 67.9 Å². The van der Waals surface area contributed by atoms with Crippen LogP contribution in [0, 0.1) is 0 Å². The van der Waals surface area contributed by atoms with Crippen molar-refractivity contribution < 1.29 is 9.53 Å². The molecule has 0 aliphatic heterocycles. The standard InChI is InChI=1S/C14H17N3O2/c1-9(2)19-14-12-11(6-4-5-10(3)18)7-15-13(12)16-8-17-14/h4,6-9H,5H2,1-3H3,(H,15,16,17)/b6-4+. The molecule has 19 heavy (non-hydrogen) atoms. The summed E-state index contributed by atoms with van der Waals surface area (Å²) >= 11 is 0. The molecule has 5 nitrogen and oxygen atoms in total. The highest BCUT2D eigenvalue weighted by Crippen LogP contribution is 2.26. The third-order valence-corrected chi connectivity index (χ3v) is 2.52. The van der Waals surface area contributed by atoms with Crippen LogP contribution < -0.4 is 4.74 Å². The number of hydrogen-bond donors (Lipinski definition) is 1. The maximum absolute atomic E-state index is 10.9. The van der Waals surface area contributed by atoms with Crippen molar-refractivity contribution in [1.82, 2.24) is 15.0 Å². The van der Waals surface area contributed by atoms with Crippen LogP contribution in [-0.4, -0.2) is 26.8 Å². The van der Waals surface area contributed by atoms with E-state index in [9.17, 15) is 4.79 Å². The number of Topliss-reactive ketones (excluding diaryl/α,β-unsaturated/α-hetero) is 1. The van der Waals surface area contributed by atoms with Gasteiger partial charge in [0, 0.05) is 18.2 Å². The first-order valence-electron chi connectivity index (χ1n) is 6.22. The Morgan fingerprint density at radius 1 is 1.47 bits per heavy atom. The van der Waals surface area contributed by atoms with E-state index >= 15 is 0 Å². The van der Waals surface area contributed by atoms with Gasteiger partial charge < -0.3 is 9.72 Å².